The van der Waals surface area contributed by atoms with Gasteiger partial charge in [-0.1, -0.05) is 25.7 Å². The molecule has 0 radical (unpaired) electrons. The van der Waals surface area contributed by atoms with Crippen molar-refractivity contribution in [3.05, 3.63) is 24.0 Å². The SMILES string of the molecule is COc1cncc(C(O)C2CCC3CCCCC3C2)c1. The van der Waals surface area contributed by atoms with Crippen LogP contribution >= 0.6 is 0 Å². The number of ether oxygens (including phenoxy) is 1. The number of aromatic nitrogens is 1. The molecule has 4 atom stereocenters. The quantitative estimate of drug-likeness (QED) is 0.914. The third-order valence-electron chi connectivity index (χ3n) is 5.34. The largest absolute Gasteiger partial charge is 0.495 e. The zero-order valence-electron chi connectivity index (χ0n) is 12.3. The highest BCUT2D eigenvalue weighted by Crippen LogP contribution is 2.46. The Morgan fingerprint density at radius 2 is 1.95 bits per heavy atom. The fourth-order valence-corrected chi connectivity index (χ4v) is 4.18. The molecule has 3 heteroatoms. The van der Waals surface area contributed by atoms with Crippen LogP contribution < -0.4 is 4.74 Å². The summed E-state index contributed by atoms with van der Waals surface area (Å²) in [6.45, 7) is 0. The summed E-state index contributed by atoms with van der Waals surface area (Å²) in [5.41, 5.74) is 0.906. The topological polar surface area (TPSA) is 42.4 Å². The highest BCUT2D eigenvalue weighted by atomic mass is 16.5. The van der Waals surface area contributed by atoms with Crippen molar-refractivity contribution in [3.63, 3.8) is 0 Å². The van der Waals surface area contributed by atoms with Crippen LogP contribution in [0.2, 0.25) is 0 Å². The van der Waals surface area contributed by atoms with Crippen LogP contribution in [0.4, 0.5) is 0 Å². The van der Waals surface area contributed by atoms with E-state index in [0.29, 0.717) is 5.92 Å². The maximum absolute atomic E-state index is 10.7. The maximum atomic E-state index is 10.7. The minimum atomic E-state index is -0.388. The summed E-state index contributed by atoms with van der Waals surface area (Å²) in [5.74, 6) is 2.89. The monoisotopic (exact) mass is 275 g/mol. The van der Waals surface area contributed by atoms with Gasteiger partial charge >= 0.3 is 0 Å². The Balaban J connectivity index is 1.69. The summed E-state index contributed by atoms with van der Waals surface area (Å²) in [5, 5.41) is 10.7. The van der Waals surface area contributed by atoms with Gasteiger partial charge in [0.25, 0.3) is 0 Å². The van der Waals surface area contributed by atoms with Gasteiger partial charge in [0.15, 0.2) is 0 Å². The van der Waals surface area contributed by atoms with Crippen molar-refractivity contribution in [3.8, 4) is 5.75 Å². The number of aliphatic hydroxyl groups excluding tert-OH is 1. The molecule has 0 aromatic carbocycles. The fraction of sp³-hybridized carbons (Fsp3) is 0.706. The Kier molecular flexibility index (Phi) is 4.25. The molecule has 1 heterocycles. The molecule has 1 aromatic heterocycles. The van der Waals surface area contributed by atoms with Crippen molar-refractivity contribution in [1.82, 2.24) is 4.98 Å². The lowest BCUT2D eigenvalue weighted by Gasteiger charge is -2.40. The molecule has 3 rings (SSSR count). The minimum absolute atomic E-state index is 0.388. The van der Waals surface area contributed by atoms with Gasteiger partial charge in [0.2, 0.25) is 0 Å². The van der Waals surface area contributed by atoms with Crippen LogP contribution in [0, 0.1) is 17.8 Å². The molecular weight excluding hydrogens is 250 g/mol. The number of rotatable bonds is 3. The summed E-state index contributed by atoms with van der Waals surface area (Å²) in [7, 11) is 1.64. The lowest BCUT2D eigenvalue weighted by molar-refractivity contribution is 0.0346. The molecule has 0 saturated heterocycles. The van der Waals surface area contributed by atoms with Gasteiger partial charge in [0, 0.05) is 11.8 Å². The van der Waals surface area contributed by atoms with Crippen LogP contribution in [0.3, 0.4) is 0 Å². The Bertz CT molecular complexity index is 448. The number of hydrogen-bond acceptors (Lipinski definition) is 3. The second-order valence-corrected chi connectivity index (χ2v) is 6.48. The van der Waals surface area contributed by atoms with Crippen molar-refractivity contribution in [2.45, 2.75) is 51.0 Å². The zero-order valence-corrected chi connectivity index (χ0v) is 12.3. The van der Waals surface area contributed by atoms with E-state index in [0.717, 1.165) is 29.6 Å². The molecule has 0 bridgehead atoms. The molecule has 0 aliphatic heterocycles. The minimum Gasteiger partial charge on any atom is -0.495 e. The van der Waals surface area contributed by atoms with Crippen LogP contribution in [-0.2, 0) is 0 Å². The van der Waals surface area contributed by atoms with Gasteiger partial charge in [-0.15, -0.1) is 0 Å². The molecule has 3 nitrogen and oxygen atoms in total. The second-order valence-electron chi connectivity index (χ2n) is 6.48. The highest BCUT2D eigenvalue weighted by Gasteiger charge is 2.35. The second kappa shape index (κ2) is 6.13. The standard InChI is InChI=1S/C17H25NO2/c1-20-16-9-15(10-18-11-16)17(19)14-7-6-12-4-2-3-5-13(12)8-14/h9-14,17,19H,2-8H2,1H3. The molecule has 110 valence electrons. The summed E-state index contributed by atoms with van der Waals surface area (Å²) in [6, 6.07) is 1.92. The number of hydrogen-bond donors (Lipinski definition) is 1. The van der Waals surface area contributed by atoms with Crippen LogP contribution in [0.1, 0.15) is 56.6 Å². The molecule has 2 aliphatic rings. The molecule has 1 aromatic rings. The van der Waals surface area contributed by atoms with Crippen molar-refractivity contribution < 1.29 is 9.84 Å². The van der Waals surface area contributed by atoms with Crippen molar-refractivity contribution in [2.24, 2.45) is 17.8 Å². The smallest absolute Gasteiger partial charge is 0.137 e. The lowest BCUT2D eigenvalue weighted by Crippen LogP contribution is -2.30. The first-order valence-corrected chi connectivity index (χ1v) is 7.95. The third kappa shape index (κ3) is 2.83. The first-order chi connectivity index (χ1) is 9.78. The number of pyridine rings is 1. The van der Waals surface area contributed by atoms with E-state index in [-0.39, 0.29) is 6.10 Å². The average molecular weight is 275 g/mol. The fourth-order valence-electron chi connectivity index (χ4n) is 4.18. The Morgan fingerprint density at radius 3 is 2.75 bits per heavy atom. The predicted molar refractivity (Wildman–Crippen MR) is 78.5 cm³/mol. The van der Waals surface area contributed by atoms with Gasteiger partial charge in [-0.25, -0.2) is 0 Å². The molecule has 4 unspecified atom stereocenters. The first-order valence-electron chi connectivity index (χ1n) is 7.95. The molecule has 1 N–H and O–H groups in total. The third-order valence-corrected chi connectivity index (χ3v) is 5.34. The summed E-state index contributed by atoms with van der Waals surface area (Å²) < 4.78 is 5.20. The van der Waals surface area contributed by atoms with Crippen molar-refractivity contribution >= 4 is 0 Å². The summed E-state index contributed by atoms with van der Waals surface area (Å²) >= 11 is 0. The molecule has 0 amide bonds. The molecule has 20 heavy (non-hydrogen) atoms. The molecule has 0 spiro atoms. The van der Waals surface area contributed by atoms with E-state index in [2.05, 4.69) is 4.98 Å². The predicted octanol–water partition coefficient (Wildman–Crippen LogP) is 3.73. The van der Waals surface area contributed by atoms with Crippen LogP contribution in [0.25, 0.3) is 0 Å². The van der Waals surface area contributed by atoms with E-state index >= 15 is 0 Å². The Labute approximate surface area is 121 Å². The Hall–Kier alpha value is -1.09. The number of fused-ring (bicyclic) bond motifs is 1. The van der Waals surface area contributed by atoms with E-state index in [1.54, 1.807) is 19.5 Å². The number of nitrogens with zero attached hydrogens (tertiary/aromatic N) is 1. The van der Waals surface area contributed by atoms with Gasteiger partial charge in [-0.2, -0.15) is 0 Å². The molecule has 2 aliphatic carbocycles. The van der Waals surface area contributed by atoms with Crippen LogP contribution in [-0.4, -0.2) is 17.2 Å². The van der Waals surface area contributed by atoms with Gasteiger partial charge in [-0.3, -0.25) is 4.98 Å². The van der Waals surface area contributed by atoms with E-state index in [1.165, 1.54) is 38.5 Å². The average Bonchev–Trinajstić information content (AvgIpc) is 2.53. The molecule has 2 fully saturated rings. The van der Waals surface area contributed by atoms with E-state index in [9.17, 15) is 5.11 Å². The first kappa shape index (κ1) is 13.9. The maximum Gasteiger partial charge on any atom is 0.137 e. The van der Waals surface area contributed by atoms with Gasteiger partial charge < -0.3 is 9.84 Å². The van der Waals surface area contributed by atoms with Crippen LogP contribution in [0.5, 0.6) is 5.75 Å². The summed E-state index contributed by atoms with van der Waals surface area (Å²) in [6.07, 6.45) is 12.3. The van der Waals surface area contributed by atoms with Crippen molar-refractivity contribution in [1.29, 1.82) is 0 Å². The highest BCUT2D eigenvalue weighted by molar-refractivity contribution is 5.25. The number of aliphatic hydroxyl groups is 1. The van der Waals surface area contributed by atoms with E-state index in [1.807, 2.05) is 6.07 Å². The lowest BCUT2D eigenvalue weighted by atomic mass is 9.66. The van der Waals surface area contributed by atoms with E-state index < -0.39 is 0 Å². The Morgan fingerprint density at radius 1 is 1.15 bits per heavy atom. The van der Waals surface area contributed by atoms with Gasteiger partial charge in [-0.05, 0) is 43.1 Å². The molecular formula is C17H25NO2. The number of methoxy groups -OCH3 is 1. The molecule has 2 saturated carbocycles. The van der Waals surface area contributed by atoms with E-state index in [4.69, 9.17) is 4.74 Å². The van der Waals surface area contributed by atoms with Gasteiger partial charge in [0.05, 0.1) is 19.4 Å². The normalized spacial score (nSPS) is 31.4. The summed E-state index contributed by atoms with van der Waals surface area (Å²) in [4.78, 5) is 4.17. The van der Waals surface area contributed by atoms with Crippen LogP contribution in [0.15, 0.2) is 18.5 Å². The van der Waals surface area contributed by atoms with Gasteiger partial charge in [0.1, 0.15) is 5.75 Å². The zero-order chi connectivity index (χ0) is 13.9. The van der Waals surface area contributed by atoms with Crippen molar-refractivity contribution in [2.75, 3.05) is 7.11 Å².